The second kappa shape index (κ2) is 7.40. The summed E-state index contributed by atoms with van der Waals surface area (Å²) < 4.78 is 84.4. The molecule has 0 bridgehead atoms. The lowest BCUT2D eigenvalue weighted by atomic mass is 9.67. The Morgan fingerprint density at radius 3 is 1.52 bits per heavy atom. The number of carbonyl (C=O) groups is 1. The highest BCUT2D eigenvalue weighted by molar-refractivity contribution is 14.1. The average molecular weight is 492 g/mol. The summed E-state index contributed by atoms with van der Waals surface area (Å²) in [5, 5.41) is 9.99. The lowest BCUT2D eigenvalue weighted by Crippen LogP contribution is -2.76. The molecular formula is C15H23F6IO3. The summed E-state index contributed by atoms with van der Waals surface area (Å²) in [5.41, 5.74) is -8.46. The van der Waals surface area contributed by atoms with E-state index in [1.54, 1.807) is 29.5 Å². The molecule has 0 amide bonds. The minimum Gasteiger partial charge on any atom is -0.454 e. The lowest BCUT2D eigenvalue weighted by molar-refractivity contribution is -0.425. The van der Waals surface area contributed by atoms with Gasteiger partial charge in [0.25, 0.3) is 5.60 Å². The predicted molar refractivity (Wildman–Crippen MR) is 88.3 cm³/mol. The fourth-order valence-corrected chi connectivity index (χ4v) is 2.93. The fraction of sp³-hybridized carbons (Fsp3) is 0.933. The molecule has 150 valence electrons. The van der Waals surface area contributed by atoms with Gasteiger partial charge in [0.05, 0.1) is 0 Å². The third-order valence-electron chi connectivity index (χ3n) is 4.45. The average Bonchev–Trinajstić information content (AvgIpc) is 2.40. The predicted octanol–water partition coefficient (Wildman–Crippen LogP) is 5.04. The summed E-state index contributed by atoms with van der Waals surface area (Å²) in [5.74, 6) is -4.20. The van der Waals surface area contributed by atoms with Crippen LogP contribution in [0.3, 0.4) is 0 Å². The quantitative estimate of drug-likeness (QED) is 0.245. The van der Waals surface area contributed by atoms with Crippen LogP contribution in [0.25, 0.3) is 0 Å². The summed E-state index contributed by atoms with van der Waals surface area (Å²) in [4.78, 5) is 12.3. The van der Waals surface area contributed by atoms with Gasteiger partial charge in [0, 0.05) is 0 Å². The van der Waals surface area contributed by atoms with E-state index in [-0.39, 0.29) is 6.42 Å². The van der Waals surface area contributed by atoms with E-state index in [4.69, 9.17) is 4.74 Å². The van der Waals surface area contributed by atoms with Crippen LogP contribution in [0.15, 0.2) is 0 Å². The highest BCUT2D eigenvalue weighted by Crippen LogP contribution is 2.56. The number of carbonyl (C=O) groups excluding carboxylic acids is 1. The van der Waals surface area contributed by atoms with Crippen LogP contribution >= 0.6 is 22.6 Å². The molecule has 0 spiro atoms. The van der Waals surface area contributed by atoms with Crippen molar-refractivity contribution in [2.75, 3.05) is 0 Å². The van der Waals surface area contributed by atoms with E-state index in [9.17, 15) is 36.2 Å². The second-order valence-electron chi connectivity index (χ2n) is 6.75. The summed E-state index contributed by atoms with van der Waals surface area (Å²) in [6, 6.07) is 0. The van der Waals surface area contributed by atoms with Gasteiger partial charge in [-0.15, -0.1) is 0 Å². The van der Waals surface area contributed by atoms with Gasteiger partial charge in [-0.05, 0) is 25.2 Å². The largest absolute Gasteiger partial charge is 0.454 e. The molecule has 0 fully saturated rings. The molecule has 0 aliphatic heterocycles. The Kier molecular flexibility index (Phi) is 7.32. The van der Waals surface area contributed by atoms with Gasteiger partial charge in [0.2, 0.25) is 0 Å². The number of aliphatic hydroxyl groups is 1. The first-order chi connectivity index (χ1) is 10.8. The zero-order valence-corrected chi connectivity index (χ0v) is 16.9. The number of esters is 1. The zero-order chi connectivity index (χ0) is 20.6. The Morgan fingerprint density at radius 1 is 1.00 bits per heavy atom. The van der Waals surface area contributed by atoms with Gasteiger partial charge >= 0.3 is 18.3 Å². The van der Waals surface area contributed by atoms with Gasteiger partial charge in [-0.25, -0.2) is 0 Å². The number of hydrogen-bond acceptors (Lipinski definition) is 3. The molecule has 0 aromatic carbocycles. The smallest absolute Gasteiger partial charge is 0.430 e. The van der Waals surface area contributed by atoms with Crippen molar-refractivity contribution in [2.45, 2.75) is 74.9 Å². The maximum Gasteiger partial charge on any atom is 0.430 e. The Balaban J connectivity index is 6.76. The van der Waals surface area contributed by atoms with E-state index < -0.39 is 44.8 Å². The van der Waals surface area contributed by atoms with Crippen LogP contribution in [0.1, 0.15) is 48.0 Å². The standard InChI is InChI=1S/C15H23F6IO3/c1-7-11(6,22)10(23)25-12(8(2)3,9(4)5)13(24,14(16,17)18)15(19,20)21/h8-9,24H,7H2,1-6H3. The molecule has 0 saturated heterocycles. The van der Waals surface area contributed by atoms with Crippen LogP contribution < -0.4 is 0 Å². The van der Waals surface area contributed by atoms with E-state index in [1.165, 1.54) is 6.92 Å². The van der Waals surface area contributed by atoms with E-state index in [1.807, 2.05) is 0 Å². The van der Waals surface area contributed by atoms with Gasteiger partial charge < -0.3 is 9.84 Å². The first-order valence-electron chi connectivity index (χ1n) is 7.61. The molecule has 0 aromatic rings. The maximum atomic E-state index is 13.5. The lowest BCUT2D eigenvalue weighted by Gasteiger charge is -2.52. The van der Waals surface area contributed by atoms with Crippen molar-refractivity contribution in [2.24, 2.45) is 11.8 Å². The molecule has 1 atom stereocenters. The Morgan fingerprint density at radius 2 is 1.32 bits per heavy atom. The molecule has 0 rings (SSSR count). The highest BCUT2D eigenvalue weighted by atomic mass is 127. The molecule has 3 nitrogen and oxygen atoms in total. The SMILES string of the molecule is CCC(C)(I)C(=O)OC(C(C)C)(C(C)C)C(O)(C(F)(F)F)C(F)(F)F. The molecule has 0 aromatic heterocycles. The third-order valence-corrected chi connectivity index (χ3v) is 5.66. The van der Waals surface area contributed by atoms with Crippen LogP contribution in [0.4, 0.5) is 26.3 Å². The first kappa shape index (κ1) is 24.7. The van der Waals surface area contributed by atoms with Gasteiger partial charge in [-0.1, -0.05) is 57.2 Å². The minimum atomic E-state index is -6.10. The normalized spacial score (nSPS) is 17.0. The first-order valence-corrected chi connectivity index (χ1v) is 8.69. The maximum absolute atomic E-state index is 13.5. The topological polar surface area (TPSA) is 46.5 Å². The molecule has 0 radical (unpaired) electrons. The van der Waals surface area contributed by atoms with Gasteiger partial charge in [0.15, 0.2) is 5.60 Å². The third kappa shape index (κ3) is 4.03. The Hall–Kier alpha value is -0.260. The summed E-state index contributed by atoms with van der Waals surface area (Å²) in [7, 11) is 0. The highest BCUT2D eigenvalue weighted by Gasteiger charge is 2.82. The molecule has 0 aliphatic carbocycles. The summed E-state index contributed by atoms with van der Waals surface area (Å²) >= 11 is 1.60. The van der Waals surface area contributed by atoms with Crippen molar-refractivity contribution in [1.29, 1.82) is 0 Å². The zero-order valence-electron chi connectivity index (χ0n) is 14.8. The molecule has 0 heterocycles. The van der Waals surface area contributed by atoms with Crippen LogP contribution in [-0.2, 0) is 9.53 Å². The van der Waals surface area contributed by atoms with Crippen LogP contribution in [0.5, 0.6) is 0 Å². The monoisotopic (exact) mass is 492 g/mol. The number of hydrogen-bond donors (Lipinski definition) is 1. The Bertz CT molecular complexity index is 461. The van der Waals surface area contributed by atoms with Gasteiger partial charge in [0.1, 0.15) is 3.42 Å². The molecule has 1 unspecified atom stereocenters. The minimum absolute atomic E-state index is 0.120. The molecule has 0 saturated carbocycles. The molecule has 0 aliphatic rings. The van der Waals surface area contributed by atoms with Crippen LogP contribution in [-0.4, -0.2) is 38.1 Å². The Labute approximate surface area is 156 Å². The molecule has 25 heavy (non-hydrogen) atoms. The van der Waals surface area contributed by atoms with E-state index in [0.29, 0.717) is 0 Å². The van der Waals surface area contributed by atoms with E-state index in [0.717, 1.165) is 27.7 Å². The van der Waals surface area contributed by atoms with E-state index >= 15 is 0 Å². The molecular weight excluding hydrogens is 469 g/mol. The van der Waals surface area contributed by atoms with Crippen molar-refractivity contribution in [3.05, 3.63) is 0 Å². The summed E-state index contributed by atoms with van der Waals surface area (Å²) in [6.45, 7) is 7.07. The van der Waals surface area contributed by atoms with Crippen molar-refractivity contribution in [3.63, 3.8) is 0 Å². The second-order valence-corrected chi connectivity index (χ2v) is 9.13. The summed E-state index contributed by atoms with van der Waals surface area (Å²) in [6.07, 6.45) is -12.1. The number of rotatable bonds is 6. The van der Waals surface area contributed by atoms with Gasteiger partial charge in [-0.2, -0.15) is 26.3 Å². The molecule has 10 heteroatoms. The number of ether oxygens (including phenoxy) is 1. The molecule has 1 N–H and O–H groups in total. The van der Waals surface area contributed by atoms with Crippen molar-refractivity contribution in [1.82, 2.24) is 0 Å². The van der Waals surface area contributed by atoms with Gasteiger partial charge in [-0.3, -0.25) is 4.79 Å². The van der Waals surface area contributed by atoms with Crippen molar-refractivity contribution in [3.8, 4) is 0 Å². The van der Waals surface area contributed by atoms with Crippen molar-refractivity contribution < 1.29 is 41.0 Å². The van der Waals surface area contributed by atoms with Crippen LogP contribution in [0.2, 0.25) is 0 Å². The number of halogens is 7. The number of alkyl halides is 7. The van der Waals surface area contributed by atoms with Crippen LogP contribution in [0, 0.1) is 11.8 Å². The van der Waals surface area contributed by atoms with Crippen molar-refractivity contribution >= 4 is 28.6 Å². The van der Waals surface area contributed by atoms with E-state index in [2.05, 4.69) is 0 Å². The fourth-order valence-electron chi connectivity index (χ4n) is 2.82.